The Morgan fingerprint density at radius 3 is 2.45 bits per heavy atom. The summed E-state index contributed by atoms with van der Waals surface area (Å²) in [5.74, 6) is -0.563. The molecule has 1 N–H and O–H groups in total. The van der Waals surface area contributed by atoms with Crippen LogP contribution < -0.4 is 5.32 Å². The highest BCUT2D eigenvalue weighted by Gasteiger charge is 2.25. The number of carbonyl (C=O) groups excluding carboxylic acids is 2. The van der Waals surface area contributed by atoms with Gasteiger partial charge in [-0.2, -0.15) is 0 Å². The lowest BCUT2D eigenvalue weighted by atomic mass is 10.0. The van der Waals surface area contributed by atoms with Gasteiger partial charge in [0.2, 0.25) is 0 Å². The van der Waals surface area contributed by atoms with E-state index in [9.17, 15) is 14.0 Å². The van der Waals surface area contributed by atoms with Crippen LogP contribution in [-0.4, -0.2) is 34.8 Å². The first kappa shape index (κ1) is 20.8. The summed E-state index contributed by atoms with van der Waals surface area (Å²) in [5.41, 5.74) is 1.91. The molecule has 160 valence electrons. The molecule has 0 saturated carbocycles. The van der Waals surface area contributed by atoms with Crippen LogP contribution in [0.3, 0.4) is 0 Å². The smallest absolute Gasteiger partial charge is 0.274 e. The average Bonchev–Trinajstić information content (AvgIpc) is 3.13. The van der Waals surface area contributed by atoms with Crippen LogP contribution in [0.25, 0.3) is 11.3 Å². The van der Waals surface area contributed by atoms with E-state index in [-0.39, 0.29) is 29.7 Å². The first-order chi connectivity index (χ1) is 15.1. The zero-order valence-electron chi connectivity index (χ0n) is 17.1. The molecule has 0 radical (unpaired) electrons. The fraction of sp³-hybridized carbons (Fsp3) is 0.292. The molecule has 2 heterocycles. The van der Waals surface area contributed by atoms with Crippen molar-refractivity contribution < 1.29 is 18.4 Å². The third-order valence-corrected chi connectivity index (χ3v) is 5.44. The highest BCUT2D eigenvalue weighted by Crippen LogP contribution is 2.28. The van der Waals surface area contributed by atoms with Gasteiger partial charge in [0.25, 0.3) is 11.8 Å². The standard InChI is InChI=1S/C24H24FN3O3/c25-18-11-9-17(10-12-18)15-26-23(29)21-22(31-16-27-21)19-7-3-4-8-20(19)24(30)28-13-5-1-2-6-14-28/h3-4,7-12,16H,1-2,5-6,13-15H2,(H,26,29). The Bertz CT molecular complexity index is 1050. The van der Waals surface area contributed by atoms with Crippen molar-refractivity contribution in [1.82, 2.24) is 15.2 Å². The predicted octanol–water partition coefficient (Wildman–Crippen LogP) is 4.43. The Balaban J connectivity index is 1.56. The molecule has 1 saturated heterocycles. The number of hydrogen-bond donors (Lipinski definition) is 1. The number of rotatable bonds is 5. The summed E-state index contributed by atoms with van der Waals surface area (Å²) >= 11 is 0. The maximum Gasteiger partial charge on any atom is 0.274 e. The maximum atomic E-state index is 13.2. The topological polar surface area (TPSA) is 75.4 Å². The molecule has 31 heavy (non-hydrogen) atoms. The van der Waals surface area contributed by atoms with Crippen molar-refractivity contribution in [2.45, 2.75) is 32.2 Å². The second kappa shape index (κ2) is 9.55. The molecule has 1 aromatic heterocycles. The van der Waals surface area contributed by atoms with Crippen LogP contribution in [0.1, 0.15) is 52.1 Å². The van der Waals surface area contributed by atoms with E-state index < -0.39 is 5.91 Å². The Hall–Kier alpha value is -3.48. The highest BCUT2D eigenvalue weighted by atomic mass is 19.1. The number of nitrogens with zero attached hydrogens (tertiary/aromatic N) is 2. The van der Waals surface area contributed by atoms with Gasteiger partial charge in [0.1, 0.15) is 5.82 Å². The highest BCUT2D eigenvalue weighted by molar-refractivity contribution is 6.04. The minimum absolute atomic E-state index is 0.0634. The van der Waals surface area contributed by atoms with E-state index in [1.165, 1.54) is 18.5 Å². The van der Waals surface area contributed by atoms with Crippen LogP contribution in [0, 0.1) is 5.82 Å². The minimum atomic E-state index is -0.426. The number of aromatic nitrogens is 1. The van der Waals surface area contributed by atoms with Crippen LogP contribution in [-0.2, 0) is 6.54 Å². The number of hydrogen-bond acceptors (Lipinski definition) is 4. The summed E-state index contributed by atoms with van der Waals surface area (Å²) < 4.78 is 18.6. The minimum Gasteiger partial charge on any atom is -0.443 e. The van der Waals surface area contributed by atoms with E-state index in [4.69, 9.17) is 4.42 Å². The molecule has 1 aliphatic rings. The van der Waals surface area contributed by atoms with E-state index in [1.807, 2.05) is 4.90 Å². The summed E-state index contributed by atoms with van der Waals surface area (Å²) in [5, 5.41) is 2.77. The first-order valence-corrected chi connectivity index (χ1v) is 10.5. The summed E-state index contributed by atoms with van der Waals surface area (Å²) in [6.45, 7) is 1.68. The van der Waals surface area contributed by atoms with Crippen LogP contribution in [0.4, 0.5) is 4.39 Å². The Kier molecular flexibility index (Phi) is 6.40. The average molecular weight is 421 g/mol. The molecule has 2 aromatic carbocycles. The lowest BCUT2D eigenvalue weighted by molar-refractivity contribution is 0.0761. The normalized spacial score (nSPS) is 14.2. The summed E-state index contributed by atoms with van der Waals surface area (Å²) in [7, 11) is 0. The molecule has 0 unspecified atom stereocenters. The van der Waals surface area contributed by atoms with Crippen molar-refractivity contribution in [3.05, 3.63) is 77.6 Å². The van der Waals surface area contributed by atoms with Crippen molar-refractivity contribution in [1.29, 1.82) is 0 Å². The molecule has 1 aliphatic heterocycles. The number of likely N-dealkylation sites (tertiary alicyclic amines) is 1. The zero-order chi connectivity index (χ0) is 21.6. The molecule has 7 heteroatoms. The summed E-state index contributed by atoms with van der Waals surface area (Å²) in [4.78, 5) is 31.9. The molecule has 0 spiro atoms. The van der Waals surface area contributed by atoms with Crippen LogP contribution >= 0.6 is 0 Å². The van der Waals surface area contributed by atoms with Gasteiger partial charge in [0, 0.05) is 25.2 Å². The second-order valence-corrected chi connectivity index (χ2v) is 7.59. The number of carbonyl (C=O) groups is 2. The number of nitrogens with one attached hydrogen (secondary N) is 1. The monoisotopic (exact) mass is 421 g/mol. The molecule has 0 atom stereocenters. The van der Waals surface area contributed by atoms with Gasteiger partial charge in [-0.1, -0.05) is 43.2 Å². The fourth-order valence-electron chi connectivity index (χ4n) is 3.78. The van der Waals surface area contributed by atoms with Gasteiger partial charge in [0.05, 0.1) is 5.56 Å². The first-order valence-electron chi connectivity index (χ1n) is 10.5. The number of benzene rings is 2. The van der Waals surface area contributed by atoms with Crippen molar-refractivity contribution in [2.24, 2.45) is 0 Å². The second-order valence-electron chi connectivity index (χ2n) is 7.59. The SMILES string of the molecule is O=C(NCc1ccc(F)cc1)c1ncoc1-c1ccccc1C(=O)N1CCCCCC1. The molecule has 0 aliphatic carbocycles. The lowest BCUT2D eigenvalue weighted by Crippen LogP contribution is -2.32. The molecule has 4 rings (SSSR count). The summed E-state index contributed by atoms with van der Waals surface area (Å²) in [6, 6.07) is 13.0. The van der Waals surface area contributed by atoms with Crippen LogP contribution in [0.5, 0.6) is 0 Å². The van der Waals surface area contributed by atoms with E-state index in [1.54, 1.807) is 36.4 Å². The lowest BCUT2D eigenvalue weighted by Gasteiger charge is -2.21. The fourth-order valence-corrected chi connectivity index (χ4v) is 3.78. The quantitative estimate of drug-likeness (QED) is 0.661. The molecule has 0 bridgehead atoms. The third kappa shape index (κ3) is 4.82. The molecule has 6 nitrogen and oxygen atoms in total. The van der Waals surface area contributed by atoms with Gasteiger partial charge >= 0.3 is 0 Å². The molecule has 2 amide bonds. The maximum absolute atomic E-state index is 13.2. The van der Waals surface area contributed by atoms with Crippen molar-refractivity contribution in [3.8, 4) is 11.3 Å². The van der Waals surface area contributed by atoms with Gasteiger partial charge in [-0.3, -0.25) is 9.59 Å². The van der Waals surface area contributed by atoms with Crippen molar-refractivity contribution in [3.63, 3.8) is 0 Å². The van der Waals surface area contributed by atoms with Crippen molar-refractivity contribution >= 4 is 11.8 Å². The van der Waals surface area contributed by atoms with E-state index in [0.717, 1.165) is 44.3 Å². The molecule has 1 fully saturated rings. The van der Waals surface area contributed by atoms with Gasteiger partial charge in [-0.05, 0) is 36.6 Å². The molecular formula is C24H24FN3O3. The zero-order valence-corrected chi connectivity index (χ0v) is 17.1. The third-order valence-electron chi connectivity index (χ3n) is 5.44. The van der Waals surface area contributed by atoms with Crippen LogP contribution in [0.15, 0.2) is 59.3 Å². The van der Waals surface area contributed by atoms with Gasteiger partial charge in [0.15, 0.2) is 17.8 Å². The largest absolute Gasteiger partial charge is 0.443 e. The summed E-state index contributed by atoms with van der Waals surface area (Å²) in [6.07, 6.45) is 5.45. The van der Waals surface area contributed by atoms with Gasteiger partial charge < -0.3 is 14.6 Å². The van der Waals surface area contributed by atoms with Crippen molar-refractivity contribution in [2.75, 3.05) is 13.1 Å². The Morgan fingerprint density at radius 1 is 1.00 bits per heavy atom. The van der Waals surface area contributed by atoms with E-state index >= 15 is 0 Å². The van der Waals surface area contributed by atoms with Gasteiger partial charge in [-0.15, -0.1) is 0 Å². The Morgan fingerprint density at radius 2 is 1.71 bits per heavy atom. The molecule has 3 aromatic rings. The number of halogens is 1. The Labute approximate surface area is 180 Å². The van der Waals surface area contributed by atoms with E-state index in [2.05, 4.69) is 10.3 Å². The van der Waals surface area contributed by atoms with E-state index in [0.29, 0.717) is 11.1 Å². The van der Waals surface area contributed by atoms with Crippen LogP contribution in [0.2, 0.25) is 0 Å². The number of oxazole rings is 1. The molecular weight excluding hydrogens is 397 g/mol. The van der Waals surface area contributed by atoms with Gasteiger partial charge in [-0.25, -0.2) is 9.37 Å². The number of amides is 2. The predicted molar refractivity (Wildman–Crippen MR) is 114 cm³/mol.